The zero-order valence-electron chi connectivity index (χ0n) is 9.86. The molecule has 0 amide bonds. The van der Waals surface area contributed by atoms with Gasteiger partial charge < -0.3 is 10.4 Å². The average Bonchev–Trinajstić information content (AvgIpc) is 2.67. The standard InChI is InChI=1S/C13H21NO2/c1-2-3-9(13(15)16)14-12-10-7-4-5-8(6-7)11(10)12/h7-12,14H,2-6H2,1H3,(H,15,16). The second-order valence-corrected chi connectivity index (χ2v) is 5.86. The molecule has 3 nitrogen and oxygen atoms in total. The van der Waals surface area contributed by atoms with Gasteiger partial charge in [0.15, 0.2) is 0 Å². The molecule has 5 unspecified atom stereocenters. The van der Waals surface area contributed by atoms with Crippen molar-refractivity contribution in [3.63, 3.8) is 0 Å². The second-order valence-electron chi connectivity index (χ2n) is 5.86. The van der Waals surface area contributed by atoms with E-state index in [0.717, 1.165) is 36.5 Å². The van der Waals surface area contributed by atoms with Gasteiger partial charge in [-0.05, 0) is 49.4 Å². The molecule has 3 fully saturated rings. The molecule has 3 heteroatoms. The number of carboxylic acid groups (broad SMARTS) is 1. The summed E-state index contributed by atoms with van der Waals surface area (Å²) in [6.07, 6.45) is 5.93. The van der Waals surface area contributed by atoms with Gasteiger partial charge in [0, 0.05) is 6.04 Å². The summed E-state index contributed by atoms with van der Waals surface area (Å²) in [5.74, 6) is 2.83. The first-order chi connectivity index (χ1) is 7.72. The van der Waals surface area contributed by atoms with E-state index in [9.17, 15) is 4.79 Å². The molecule has 3 aliphatic rings. The van der Waals surface area contributed by atoms with Crippen LogP contribution in [0.2, 0.25) is 0 Å². The van der Waals surface area contributed by atoms with E-state index in [4.69, 9.17) is 5.11 Å². The number of aliphatic carboxylic acids is 1. The van der Waals surface area contributed by atoms with E-state index >= 15 is 0 Å². The van der Waals surface area contributed by atoms with Gasteiger partial charge in [-0.2, -0.15) is 0 Å². The first-order valence-corrected chi connectivity index (χ1v) is 6.71. The molecule has 90 valence electrons. The Morgan fingerprint density at radius 2 is 2.00 bits per heavy atom. The Morgan fingerprint density at radius 1 is 1.38 bits per heavy atom. The molecule has 0 saturated heterocycles. The molecule has 2 N–H and O–H groups in total. The number of nitrogens with one attached hydrogen (secondary N) is 1. The van der Waals surface area contributed by atoms with Crippen LogP contribution < -0.4 is 5.32 Å². The molecule has 0 spiro atoms. The molecule has 0 aromatic carbocycles. The van der Waals surface area contributed by atoms with Crippen LogP contribution in [-0.2, 0) is 4.79 Å². The Labute approximate surface area is 96.6 Å². The summed E-state index contributed by atoms with van der Waals surface area (Å²) >= 11 is 0. The molecule has 0 aromatic rings. The predicted octanol–water partition coefficient (Wildman–Crippen LogP) is 1.87. The van der Waals surface area contributed by atoms with Gasteiger partial charge in [-0.25, -0.2) is 0 Å². The number of hydrogen-bond donors (Lipinski definition) is 2. The zero-order chi connectivity index (χ0) is 11.3. The summed E-state index contributed by atoms with van der Waals surface area (Å²) in [7, 11) is 0. The predicted molar refractivity (Wildman–Crippen MR) is 61.1 cm³/mol. The van der Waals surface area contributed by atoms with Gasteiger partial charge in [-0.15, -0.1) is 0 Å². The Hall–Kier alpha value is -0.570. The maximum Gasteiger partial charge on any atom is 0.320 e. The molecule has 0 aromatic heterocycles. The van der Waals surface area contributed by atoms with Crippen molar-refractivity contribution in [2.75, 3.05) is 0 Å². The molecule has 3 rings (SSSR count). The van der Waals surface area contributed by atoms with E-state index in [1.165, 1.54) is 19.3 Å². The quantitative estimate of drug-likeness (QED) is 0.748. The van der Waals surface area contributed by atoms with Crippen LogP contribution in [-0.4, -0.2) is 23.2 Å². The Balaban J connectivity index is 1.58. The Bertz CT molecular complexity index is 288. The number of carboxylic acids is 1. The first kappa shape index (κ1) is 10.6. The Morgan fingerprint density at radius 3 is 2.50 bits per heavy atom. The second kappa shape index (κ2) is 3.73. The fourth-order valence-electron chi connectivity index (χ4n) is 4.35. The number of rotatable bonds is 5. The monoisotopic (exact) mass is 223 g/mol. The maximum absolute atomic E-state index is 11.1. The van der Waals surface area contributed by atoms with Crippen molar-refractivity contribution in [3.05, 3.63) is 0 Å². The zero-order valence-corrected chi connectivity index (χ0v) is 9.86. The summed E-state index contributed by atoms with van der Waals surface area (Å²) in [6, 6.07) is 0.235. The third-order valence-electron chi connectivity index (χ3n) is 5.00. The van der Waals surface area contributed by atoms with Crippen molar-refractivity contribution in [2.45, 2.75) is 51.1 Å². The third-order valence-corrected chi connectivity index (χ3v) is 5.00. The molecular weight excluding hydrogens is 202 g/mol. The summed E-state index contributed by atoms with van der Waals surface area (Å²) in [5, 5.41) is 12.5. The van der Waals surface area contributed by atoms with E-state index in [2.05, 4.69) is 12.2 Å². The number of carbonyl (C=O) groups is 1. The van der Waals surface area contributed by atoms with Gasteiger partial charge in [0.2, 0.25) is 0 Å². The van der Waals surface area contributed by atoms with Crippen molar-refractivity contribution in [1.82, 2.24) is 5.32 Å². The van der Waals surface area contributed by atoms with Gasteiger partial charge in [0.1, 0.15) is 6.04 Å². The lowest BCUT2D eigenvalue weighted by Crippen LogP contribution is -2.40. The van der Waals surface area contributed by atoms with Crippen LogP contribution >= 0.6 is 0 Å². The summed E-state index contributed by atoms with van der Waals surface area (Å²) in [6.45, 7) is 2.05. The molecule has 0 aliphatic heterocycles. The van der Waals surface area contributed by atoms with Crippen LogP contribution in [0.4, 0.5) is 0 Å². The Kier molecular flexibility index (Phi) is 2.46. The molecule has 2 bridgehead atoms. The molecule has 5 atom stereocenters. The molecule has 16 heavy (non-hydrogen) atoms. The minimum atomic E-state index is -0.667. The lowest BCUT2D eigenvalue weighted by molar-refractivity contribution is -0.139. The number of hydrogen-bond acceptors (Lipinski definition) is 2. The van der Waals surface area contributed by atoms with E-state index < -0.39 is 5.97 Å². The fourth-order valence-corrected chi connectivity index (χ4v) is 4.35. The highest BCUT2D eigenvalue weighted by molar-refractivity contribution is 5.73. The van der Waals surface area contributed by atoms with Crippen molar-refractivity contribution in [3.8, 4) is 0 Å². The normalized spacial score (nSPS) is 45.4. The molecule has 0 radical (unpaired) electrons. The van der Waals surface area contributed by atoms with E-state index in [1.807, 2.05) is 0 Å². The first-order valence-electron chi connectivity index (χ1n) is 6.71. The SMILES string of the molecule is CCCC(NC1C2C3CCC(C3)C12)C(=O)O. The van der Waals surface area contributed by atoms with E-state index in [1.54, 1.807) is 0 Å². The maximum atomic E-state index is 11.1. The van der Waals surface area contributed by atoms with Gasteiger partial charge >= 0.3 is 5.97 Å². The van der Waals surface area contributed by atoms with Crippen LogP contribution in [0.25, 0.3) is 0 Å². The highest BCUT2D eigenvalue weighted by atomic mass is 16.4. The van der Waals surface area contributed by atoms with E-state index in [0.29, 0.717) is 6.04 Å². The minimum absolute atomic E-state index is 0.306. The fraction of sp³-hybridized carbons (Fsp3) is 0.923. The van der Waals surface area contributed by atoms with E-state index in [-0.39, 0.29) is 6.04 Å². The summed E-state index contributed by atoms with van der Waals surface area (Å²) in [5.41, 5.74) is 0. The third kappa shape index (κ3) is 1.48. The smallest absolute Gasteiger partial charge is 0.320 e. The van der Waals surface area contributed by atoms with Crippen molar-refractivity contribution in [1.29, 1.82) is 0 Å². The highest BCUT2D eigenvalue weighted by Gasteiger charge is 2.65. The molecule has 3 aliphatic carbocycles. The van der Waals surface area contributed by atoms with Crippen molar-refractivity contribution >= 4 is 5.97 Å². The minimum Gasteiger partial charge on any atom is -0.480 e. The lowest BCUT2D eigenvalue weighted by atomic mass is 10.0. The van der Waals surface area contributed by atoms with Crippen LogP contribution in [0.15, 0.2) is 0 Å². The van der Waals surface area contributed by atoms with Gasteiger partial charge in [0.05, 0.1) is 0 Å². The van der Waals surface area contributed by atoms with Crippen LogP contribution in [0.1, 0.15) is 39.0 Å². The highest BCUT2D eigenvalue weighted by Crippen LogP contribution is 2.65. The largest absolute Gasteiger partial charge is 0.480 e. The average molecular weight is 223 g/mol. The molecule has 0 heterocycles. The summed E-state index contributed by atoms with van der Waals surface area (Å²) < 4.78 is 0. The van der Waals surface area contributed by atoms with Crippen LogP contribution in [0, 0.1) is 23.7 Å². The van der Waals surface area contributed by atoms with Gasteiger partial charge in [-0.1, -0.05) is 13.3 Å². The molecule has 3 saturated carbocycles. The number of fused-ring (bicyclic) bond motifs is 5. The van der Waals surface area contributed by atoms with Crippen molar-refractivity contribution in [2.24, 2.45) is 23.7 Å². The molecular formula is C13H21NO2. The van der Waals surface area contributed by atoms with Gasteiger partial charge in [0.25, 0.3) is 0 Å². The van der Waals surface area contributed by atoms with Crippen molar-refractivity contribution < 1.29 is 9.90 Å². The lowest BCUT2D eigenvalue weighted by Gasteiger charge is -2.16. The van der Waals surface area contributed by atoms with Gasteiger partial charge in [-0.3, -0.25) is 4.79 Å². The topological polar surface area (TPSA) is 49.3 Å². The summed E-state index contributed by atoms with van der Waals surface area (Å²) in [4.78, 5) is 11.1. The van der Waals surface area contributed by atoms with Crippen LogP contribution in [0.3, 0.4) is 0 Å². The van der Waals surface area contributed by atoms with Crippen LogP contribution in [0.5, 0.6) is 0 Å².